The fourth-order valence-corrected chi connectivity index (χ4v) is 4.99. The summed E-state index contributed by atoms with van der Waals surface area (Å²) in [5.41, 5.74) is 1.99. The molecule has 0 aliphatic carbocycles. The highest BCUT2D eigenvalue weighted by Crippen LogP contribution is 2.32. The summed E-state index contributed by atoms with van der Waals surface area (Å²) in [6.07, 6.45) is 0.473. The lowest BCUT2D eigenvalue weighted by molar-refractivity contribution is -0.156. The van der Waals surface area contributed by atoms with Crippen molar-refractivity contribution in [1.82, 2.24) is 9.62 Å². The van der Waals surface area contributed by atoms with E-state index in [0.29, 0.717) is 18.5 Å². The first-order chi connectivity index (χ1) is 16.2. The van der Waals surface area contributed by atoms with E-state index in [1.807, 2.05) is 60.7 Å². The molecule has 0 saturated carbocycles. The zero-order valence-electron chi connectivity index (χ0n) is 18.6. The minimum atomic E-state index is -4.13. The smallest absolute Gasteiger partial charge is 0.264 e. The number of nitrogens with one attached hydrogen (secondary N) is 1. The zero-order valence-corrected chi connectivity index (χ0v) is 19.4. The summed E-state index contributed by atoms with van der Waals surface area (Å²) in [6, 6.07) is 24.7. The van der Waals surface area contributed by atoms with Crippen LogP contribution in [0.4, 0.5) is 0 Å². The summed E-state index contributed by atoms with van der Waals surface area (Å²) in [6.45, 7) is 1.94. The van der Waals surface area contributed by atoms with E-state index in [9.17, 15) is 18.0 Å². The SMILES string of the molecule is CC1(C(=O)NS(=O)(=O)c2ccc(C#N)cc2)CCN1C(=O)Cc1ccc(-c2ccccc2)cc1. The predicted molar refractivity (Wildman–Crippen MR) is 127 cm³/mol. The molecule has 34 heavy (non-hydrogen) atoms. The minimum Gasteiger partial charge on any atom is -0.328 e. The van der Waals surface area contributed by atoms with E-state index in [1.54, 1.807) is 6.92 Å². The summed E-state index contributed by atoms with van der Waals surface area (Å²) < 4.78 is 27.3. The number of hydrogen-bond donors (Lipinski definition) is 1. The minimum absolute atomic E-state index is 0.111. The molecule has 0 radical (unpaired) electrons. The maximum Gasteiger partial charge on any atom is 0.264 e. The highest BCUT2D eigenvalue weighted by Gasteiger charge is 2.50. The van der Waals surface area contributed by atoms with Crippen molar-refractivity contribution in [3.8, 4) is 17.2 Å². The molecule has 1 N–H and O–H groups in total. The van der Waals surface area contributed by atoms with Gasteiger partial charge < -0.3 is 4.90 Å². The first-order valence-corrected chi connectivity index (χ1v) is 12.2. The number of sulfonamides is 1. The topological polar surface area (TPSA) is 107 Å². The van der Waals surface area contributed by atoms with Gasteiger partial charge in [-0.25, -0.2) is 13.1 Å². The Morgan fingerprint density at radius 1 is 0.971 bits per heavy atom. The Hall–Kier alpha value is -3.96. The average Bonchev–Trinajstić information content (AvgIpc) is 2.83. The number of hydrogen-bond acceptors (Lipinski definition) is 5. The fraction of sp³-hybridized carbons (Fsp3) is 0.192. The van der Waals surface area contributed by atoms with E-state index in [1.165, 1.54) is 29.2 Å². The van der Waals surface area contributed by atoms with Gasteiger partial charge in [0.1, 0.15) is 5.54 Å². The maximum absolute atomic E-state index is 12.9. The number of benzene rings is 3. The number of carbonyl (C=O) groups is 2. The maximum atomic E-state index is 12.9. The zero-order chi connectivity index (χ0) is 24.3. The first kappa shape index (κ1) is 23.2. The van der Waals surface area contributed by atoms with Crippen LogP contribution in [0.2, 0.25) is 0 Å². The summed E-state index contributed by atoms with van der Waals surface area (Å²) >= 11 is 0. The van der Waals surface area contributed by atoms with Crippen LogP contribution in [0.1, 0.15) is 24.5 Å². The molecule has 1 fully saturated rings. The molecule has 1 unspecified atom stereocenters. The largest absolute Gasteiger partial charge is 0.328 e. The third-order valence-corrected chi connectivity index (χ3v) is 7.49. The van der Waals surface area contributed by atoms with Gasteiger partial charge in [0.2, 0.25) is 5.91 Å². The second-order valence-corrected chi connectivity index (χ2v) is 10.1. The lowest BCUT2D eigenvalue weighted by atomic mass is 9.85. The Kier molecular flexibility index (Phi) is 6.22. The molecule has 0 bridgehead atoms. The second-order valence-electron chi connectivity index (χ2n) is 8.38. The van der Waals surface area contributed by atoms with E-state index in [2.05, 4.69) is 4.72 Å². The van der Waals surface area contributed by atoms with Crippen LogP contribution < -0.4 is 4.72 Å². The molecule has 2 amide bonds. The van der Waals surface area contributed by atoms with Crippen LogP contribution in [0.15, 0.2) is 83.8 Å². The molecule has 172 valence electrons. The molecule has 1 saturated heterocycles. The van der Waals surface area contributed by atoms with E-state index in [0.717, 1.165) is 16.7 Å². The Bertz CT molecular complexity index is 1360. The normalized spacial score (nSPS) is 17.4. The van der Waals surface area contributed by atoms with Gasteiger partial charge in [-0.15, -0.1) is 0 Å². The van der Waals surface area contributed by atoms with Crippen molar-refractivity contribution in [2.45, 2.75) is 30.2 Å². The van der Waals surface area contributed by atoms with Gasteiger partial charge in [0.15, 0.2) is 0 Å². The average molecular weight is 474 g/mol. The Balaban J connectivity index is 1.42. The van der Waals surface area contributed by atoms with Crippen molar-refractivity contribution in [1.29, 1.82) is 5.26 Å². The van der Waals surface area contributed by atoms with Gasteiger partial charge in [-0.05, 0) is 54.3 Å². The quantitative estimate of drug-likeness (QED) is 0.591. The van der Waals surface area contributed by atoms with Gasteiger partial charge in [0, 0.05) is 6.54 Å². The molecule has 0 spiro atoms. The lowest BCUT2D eigenvalue weighted by Crippen LogP contribution is -2.68. The number of amides is 2. The van der Waals surface area contributed by atoms with Gasteiger partial charge in [0.25, 0.3) is 15.9 Å². The summed E-state index contributed by atoms with van der Waals surface area (Å²) in [4.78, 5) is 27.1. The number of likely N-dealkylation sites (tertiary alicyclic amines) is 1. The molecule has 4 rings (SSSR count). The van der Waals surface area contributed by atoms with Crippen molar-refractivity contribution in [3.05, 3.63) is 90.0 Å². The summed E-state index contributed by atoms with van der Waals surface area (Å²) in [5, 5.41) is 8.87. The molecule has 1 atom stereocenters. The lowest BCUT2D eigenvalue weighted by Gasteiger charge is -2.49. The molecule has 7 nitrogen and oxygen atoms in total. The van der Waals surface area contributed by atoms with Crippen molar-refractivity contribution in [2.75, 3.05) is 6.54 Å². The van der Waals surface area contributed by atoms with Crippen LogP contribution >= 0.6 is 0 Å². The molecule has 3 aromatic carbocycles. The van der Waals surface area contributed by atoms with Crippen molar-refractivity contribution in [3.63, 3.8) is 0 Å². The molecule has 1 heterocycles. The molecule has 3 aromatic rings. The van der Waals surface area contributed by atoms with E-state index in [4.69, 9.17) is 5.26 Å². The van der Waals surface area contributed by atoms with Gasteiger partial charge in [-0.3, -0.25) is 9.59 Å². The summed E-state index contributed by atoms with van der Waals surface area (Å²) in [5.74, 6) is -0.997. The van der Waals surface area contributed by atoms with Crippen LogP contribution in [0.3, 0.4) is 0 Å². The van der Waals surface area contributed by atoms with Crippen LogP contribution in [0.5, 0.6) is 0 Å². The number of carbonyl (C=O) groups excluding carboxylic acids is 2. The van der Waals surface area contributed by atoms with Crippen molar-refractivity contribution in [2.24, 2.45) is 0 Å². The Morgan fingerprint density at radius 3 is 2.15 bits per heavy atom. The third-order valence-electron chi connectivity index (χ3n) is 6.15. The second kappa shape index (κ2) is 9.12. The first-order valence-electron chi connectivity index (χ1n) is 10.8. The van der Waals surface area contributed by atoms with Crippen molar-refractivity contribution < 1.29 is 18.0 Å². The van der Waals surface area contributed by atoms with Gasteiger partial charge >= 0.3 is 0 Å². The monoisotopic (exact) mass is 473 g/mol. The van der Waals surface area contributed by atoms with Gasteiger partial charge in [0.05, 0.1) is 22.9 Å². The Labute approximate surface area is 198 Å². The standard InChI is InChI=1S/C26H23N3O4S/c1-26(25(31)28-34(32,33)23-13-9-20(18-27)10-14-23)15-16-29(26)24(30)17-19-7-11-22(12-8-19)21-5-3-2-4-6-21/h2-14H,15-17H2,1H3,(H,28,31). The fourth-order valence-electron chi connectivity index (χ4n) is 3.91. The number of nitriles is 1. The van der Waals surface area contributed by atoms with Crippen LogP contribution in [0.25, 0.3) is 11.1 Å². The highest BCUT2D eigenvalue weighted by atomic mass is 32.2. The van der Waals surface area contributed by atoms with Crippen LogP contribution in [-0.2, 0) is 26.0 Å². The van der Waals surface area contributed by atoms with Crippen molar-refractivity contribution >= 4 is 21.8 Å². The van der Waals surface area contributed by atoms with Crippen LogP contribution in [0, 0.1) is 11.3 Å². The number of nitrogens with zero attached hydrogens (tertiary/aromatic N) is 2. The Morgan fingerprint density at radius 2 is 1.59 bits per heavy atom. The van der Waals surface area contributed by atoms with E-state index < -0.39 is 21.5 Å². The molecule has 8 heteroatoms. The van der Waals surface area contributed by atoms with Gasteiger partial charge in [-0.1, -0.05) is 54.6 Å². The molecule has 1 aliphatic heterocycles. The van der Waals surface area contributed by atoms with Crippen LogP contribution in [-0.4, -0.2) is 37.2 Å². The molecule has 1 aliphatic rings. The molecular formula is C26H23N3O4S. The van der Waals surface area contributed by atoms with E-state index >= 15 is 0 Å². The van der Waals surface area contributed by atoms with Gasteiger partial charge in [-0.2, -0.15) is 5.26 Å². The number of rotatable bonds is 6. The predicted octanol–water partition coefficient (Wildman–Crippen LogP) is 3.26. The highest BCUT2D eigenvalue weighted by molar-refractivity contribution is 7.90. The summed E-state index contributed by atoms with van der Waals surface area (Å²) in [7, 11) is -4.13. The molecule has 0 aromatic heterocycles. The van der Waals surface area contributed by atoms with E-state index in [-0.39, 0.29) is 17.2 Å². The molecular weight excluding hydrogens is 450 g/mol. The third kappa shape index (κ3) is 4.56.